The minimum atomic E-state index is -3.69. The standard InChI is InChI=1S/C19H22N2O4S/c1-11-7-12(2)19(13(3)8-11)26(23,24)21-14(4)15-5-6-17-16(9-15)20-18(22)10-25-17/h5-9,14,21H,10H2,1-4H3,(H,20,22). The van der Waals surface area contributed by atoms with E-state index in [1.807, 2.05) is 19.1 Å². The molecule has 2 aromatic carbocycles. The number of sulfonamides is 1. The number of ether oxygens (including phenoxy) is 1. The first-order valence-electron chi connectivity index (χ1n) is 8.34. The molecule has 0 spiro atoms. The molecule has 2 N–H and O–H groups in total. The number of carbonyl (C=O) groups excluding carboxylic acids is 1. The summed E-state index contributed by atoms with van der Waals surface area (Å²) in [5.41, 5.74) is 3.74. The summed E-state index contributed by atoms with van der Waals surface area (Å²) in [4.78, 5) is 11.8. The molecule has 0 saturated heterocycles. The molecule has 1 amide bonds. The number of benzene rings is 2. The molecule has 2 aromatic rings. The lowest BCUT2D eigenvalue weighted by Crippen LogP contribution is -2.29. The van der Waals surface area contributed by atoms with Gasteiger partial charge in [-0.25, -0.2) is 13.1 Å². The van der Waals surface area contributed by atoms with Crippen molar-refractivity contribution in [1.29, 1.82) is 0 Å². The Balaban J connectivity index is 1.89. The van der Waals surface area contributed by atoms with Gasteiger partial charge in [-0.3, -0.25) is 4.79 Å². The largest absolute Gasteiger partial charge is 0.482 e. The van der Waals surface area contributed by atoms with Gasteiger partial charge in [0.2, 0.25) is 10.0 Å². The third-order valence-corrected chi connectivity index (χ3v) is 6.19. The Morgan fingerprint density at radius 2 is 1.77 bits per heavy atom. The zero-order chi connectivity index (χ0) is 19.1. The van der Waals surface area contributed by atoms with Crippen LogP contribution in [-0.4, -0.2) is 20.9 Å². The van der Waals surface area contributed by atoms with Gasteiger partial charge in [-0.05, 0) is 56.5 Å². The fourth-order valence-corrected chi connectivity index (χ4v) is 5.01. The van der Waals surface area contributed by atoms with Crippen molar-refractivity contribution in [3.05, 3.63) is 52.6 Å². The maximum atomic E-state index is 12.9. The molecule has 0 aromatic heterocycles. The number of amides is 1. The van der Waals surface area contributed by atoms with E-state index >= 15 is 0 Å². The maximum Gasteiger partial charge on any atom is 0.262 e. The maximum absolute atomic E-state index is 12.9. The van der Waals surface area contributed by atoms with E-state index in [-0.39, 0.29) is 12.5 Å². The molecule has 7 heteroatoms. The van der Waals surface area contributed by atoms with E-state index in [4.69, 9.17) is 4.74 Å². The van der Waals surface area contributed by atoms with Gasteiger partial charge in [0.15, 0.2) is 6.61 Å². The molecule has 138 valence electrons. The van der Waals surface area contributed by atoms with Crippen molar-refractivity contribution < 1.29 is 17.9 Å². The van der Waals surface area contributed by atoms with E-state index in [2.05, 4.69) is 10.0 Å². The molecule has 6 nitrogen and oxygen atoms in total. The van der Waals surface area contributed by atoms with Crippen molar-refractivity contribution >= 4 is 21.6 Å². The topological polar surface area (TPSA) is 84.5 Å². The van der Waals surface area contributed by atoms with Gasteiger partial charge < -0.3 is 10.1 Å². The van der Waals surface area contributed by atoms with E-state index in [1.54, 1.807) is 39.0 Å². The molecular formula is C19H22N2O4S. The van der Waals surface area contributed by atoms with E-state index in [0.717, 1.165) is 11.1 Å². The van der Waals surface area contributed by atoms with Crippen LogP contribution in [0.4, 0.5) is 5.69 Å². The van der Waals surface area contributed by atoms with Crippen LogP contribution in [0, 0.1) is 20.8 Å². The van der Waals surface area contributed by atoms with Gasteiger partial charge in [-0.1, -0.05) is 23.8 Å². The number of aryl methyl sites for hydroxylation is 3. The van der Waals surface area contributed by atoms with Crippen LogP contribution in [0.3, 0.4) is 0 Å². The summed E-state index contributed by atoms with van der Waals surface area (Å²) in [6, 6.07) is 8.50. The van der Waals surface area contributed by atoms with E-state index in [1.165, 1.54) is 0 Å². The van der Waals surface area contributed by atoms with Gasteiger partial charge >= 0.3 is 0 Å². The molecule has 0 fully saturated rings. The van der Waals surface area contributed by atoms with Crippen molar-refractivity contribution in [3.8, 4) is 5.75 Å². The number of hydrogen-bond acceptors (Lipinski definition) is 4. The third-order valence-electron chi connectivity index (χ3n) is 4.34. The van der Waals surface area contributed by atoms with Crippen LogP contribution in [-0.2, 0) is 14.8 Å². The Labute approximate surface area is 153 Å². The van der Waals surface area contributed by atoms with Crippen molar-refractivity contribution in [3.63, 3.8) is 0 Å². The number of rotatable bonds is 4. The zero-order valence-electron chi connectivity index (χ0n) is 15.2. The summed E-state index contributed by atoms with van der Waals surface area (Å²) in [5.74, 6) is 0.349. The molecule has 0 saturated carbocycles. The number of carbonyl (C=O) groups is 1. The highest BCUT2D eigenvalue weighted by molar-refractivity contribution is 7.89. The number of hydrogen-bond donors (Lipinski definition) is 2. The van der Waals surface area contributed by atoms with Crippen molar-refractivity contribution in [1.82, 2.24) is 4.72 Å². The fourth-order valence-electron chi connectivity index (χ4n) is 3.32. The second kappa shape index (κ2) is 6.74. The van der Waals surface area contributed by atoms with Gasteiger partial charge in [0.05, 0.1) is 10.6 Å². The first-order valence-corrected chi connectivity index (χ1v) is 9.82. The molecule has 0 bridgehead atoms. The van der Waals surface area contributed by atoms with E-state index in [9.17, 15) is 13.2 Å². The van der Waals surface area contributed by atoms with E-state index in [0.29, 0.717) is 27.5 Å². The van der Waals surface area contributed by atoms with Gasteiger partial charge in [0, 0.05) is 6.04 Å². The van der Waals surface area contributed by atoms with Crippen LogP contribution in [0.1, 0.15) is 35.2 Å². The van der Waals surface area contributed by atoms with Crippen LogP contribution in [0.2, 0.25) is 0 Å². The minimum absolute atomic E-state index is 0.0134. The van der Waals surface area contributed by atoms with Gasteiger partial charge in [-0.15, -0.1) is 0 Å². The molecule has 1 aliphatic rings. The second-order valence-corrected chi connectivity index (χ2v) is 8.31. The highest BCUT2D eigenvalue weighted by Crippen LogP contribution is 2.31. The molecular weight excluding hydrogens is 352 g/mol. The molecule has 0 radical (unpaired) electrons. The van der Waals surface area contributed by atoms with Crippen LogP contribution in [0.15, 0.2) is 35.2 Å². The van der Waals surface area contributed by atoms with Crippen molar-refractivity contribution in [2.45, 2.75) is 38.6 Å². The molecule has 26 heavy (non-hydrogen) atoms. The normalized spacial score (nSPS) is 15.0. The van der Waals surface area contributed by atoms with Crippen LogP contribution >= 0.6 is 0 Å². The average molecular weight is 374 g/mol. The van der Waals surface area contributed by atoms with Crippen molar-refractivity contribution in [2.75, 3.05) is 11.9 Å². The number of fused-ring (bicyclic) bond motifs is 1. The lowest BCUT2D eigenvalue weighted by molar-refractivity contribution is -0.118. The lowest BCUT2D eigenvalue weighted by Gasteiger charge is -2.21. The quantitative estimate of drug-likeness (QED) is 0.862. The summed E-state index contributed by atoms with van der Waals surface area (Å²) >= 11 is 0. The molecule has 1 aliphatic heterocycles. The first kappa shape index (κ1) is 18.4. The average Bonchev–Trinajstić information content (AvgIpc) is 2.52. The van der Waals surface area contributed by atoms with Crippen LogP contribution in [0.25, 0.3) is 0 Å². The Morgan fingerprint density at radius 3 is 2.42 bits per heavy atom. The monoisotopic (exact) mass is 374 g/mol. The predicted octanol–water partition coefficient (Wildman–Crippen LogP) is 2.98. The molecule has 1 heterocycles. The Bertz CT molecular complexity index is 960. The highest BCUT2D eigenvalue weighted by atomic mass is 32.2. The van der Waals surface area contributed by atoms with E-state index < -0.39 is 16.1 Å². The fraction of sp³-hybridized carbons (Fsp3) is 0.316. The zero-order valence-corrected chi connectivity index (χ0v) is 16.0. The summed E-state index contributed by atoms with van der Waals surface area (Å²) in [5, 5.41) is 2.73. The molecule has 0 aliphatic carbocycles. The Kier molecular flexibility index (Phi) is 4.77. The van der Waals surface area contributed by atoms with Gasteiger partial charge in [-0.2, -0.15) is 0 Å². The SMILES string of the molecule is Cc1cc(C)c(S(=O)(=O)NC(C)c2ccc3c(c2)NC(=O)CO3)c(C)c1. The van der Waals surface area contributed by atoms with Gasteiger partial charge in [0.1, 0.15) is 5.75 Å². The smallest absolute Gasteiger partial charge is 0.262 e. The number of nitrogens with one attached hydrogen (secondary N) is 2. The Hall–Kier alpha value is -2.38. The summed E-state index contributed by atoms with van der Waals surface area (Å²) < 4.78 is 33.9. The van der Waals surface area contributed by atoms with Crippen LogP contribution in [0.5, 0.6) is 5.75 Å². The highest BCUT2D eigenvalue weighted by Gasteiger charge is 2.24. The second-order valence-electron chi connectivity index (χ2n) is 6.66. The Morgan fingerprint density at radius 1 is 1.12 bits per heavy atom. The van der Waals surface area contributed by atoms with Gasteiger partial charge in [0.25, 0.3) is 5.91 Å². The predicted molar refractivity (Wildman–Crippen MR) is 100.0 cm³/mol. The molecule has 1 atom stereocenters. The molecule has 1 unspecified atom stereocenters. The first-order chi connectivity index (χ1) is 12.2. The minimum Gasteiger partial charge on any atom is -0.482 e. The summed E-state index contributed by atoms with van der Waals surface area (Å²) in [6.07, 6.45) is 0. The summed E-state index contributed by atoms with van der Waals surface area (Å²) in [6.45, 7) is 7.29. The number of anilines is 1. The van der Waals surface area contributed by atoms with Crippen LogP contribution < -0.4 is 14.8 Å². The lowest BCUT2D eigenvalue weighted by atomic mass is 10.1. The molecule has 3 rings (SSSR count). The summed E-state index contributed by atoms with van der Waals surface area (Å²) in [7, 11) is -3.69. The third kappa shape index (κ3) is 3.59. The van der Waals surface area contributed by atoms with Crippen molar-refractivity contribution in [2.24, 2.45) is 0 Å².